The summed E-state index contributed by atoms with van der Waals surface area (Å²) < 4.78 is 2.46. The molecular weight excluding hydrogens is 320 g/mol. The topological polar surface area (TPSA) is 40.5 Å². The van der Waals surface area contributed by atoms with Gasteiger partial charge < -0.3 is 4.89 Å². The summed E-state index contributed by atoms with van der Waals surface area (Å²) in [7, 11) is 2.27. The highest BCUT2D eigenvalue weighted by Gasteiger charge is 2.22. The molecule has 1 rings (SSSR count). The zero-order chi connectivity index (χ0) is 13.7. The first kappa shape index (κ1) is 20.3. The number of piperidine rings is 1. The van der Waals surface area contributed by atoms with E-state index in [2.05, 4.69) is 27.3 Å². The predicted octanol–water partition coefficient (Wildman–Crippen LogP) is 3.21. The van der Waals surface area contributed by atoms with Gasteiger partial charge in [-0.25, -0.2) is 0 Å². The molecular formula is C11H26BrNO2P2. The summed E-state index contributed by atoms with van der Waals surface area (Å²) in [6.07, 6.45) is 4.55. The van der Waals surface area contributed by atoms with Crippen molar-refractivity contribution in [2.75, 3.05) is 18.5 Å². The number of rotatable bonds is 4. The Morgan fingerprint density at radius 2 is 2.06 bits per heavy atom. The maximum atomic E-state index is 11.3. The van der Waals surface area contributed by atoms with Crippen LogP contribution in [0.15, 0.2) is 0 Å². The second-order valence-electron chi connectivity index (χ2n) is 3.44. The molecule has 1 saturated heterocycles. The summed E-state index contributed by atoms with van der Waals surface area (Å²) in [6.45, 7) is 7.39. The number of carbonyl (C=O) groups excluding carboxylic acids is 1. The molecule has 0 amide bonds. The van der Waals surface area contributed by atoms with Crippen LogP contribution in [0.1, 0.15) is 39.5 Å². The summed E-state index contributed by atoms with van der Waals surface area (Å²) in [5, 5.41) is 0.518. The molecule has 1 aliphatic rings. The molecule has 0 saturated carbocycles. The van der Waals surface area contributed by atoms with Gasteiger partial charge in [-0.1, -0.05) is 44.9 Å². The average molecular weight is 346 g/mol. The van der Waals surface area contributed by atoms with Crippen molar-refractivity contribution in [3.63, 3.8) is 0 Å². The van der Waals surface area contributed by atoms with E-state index in [0.717, 1.165) is 15.2 Å². The fourth-order valence-electron chi connectivity index (χ4n) is 1.82. The molecule has 1 N–H and O–H groups in total. The van der Waals surface area contributed by atoms with E-state index >= 15 is 0 Å². The highest BCUT2D eigenvalue weighted by atomic mass is 79.9. The number of ketones is 1. The fourth-order valence-corrected chi connectivity index (χ4v) is 3.02. The molecule has 0 radical (unpaired) electrons. The first-order valence-electron chi connectivity index (χ1n) is 6.05. The van der Waals surface area contributed by atoms with Gasteiger partial charge in [-0.05, 0) is 29.0 Å². The first-order chi connectivity index (χ1) is 8.27. The van der Waals surface area contributed by atoms with Crippen molar-refractivity contribution in [2.24, 2.45) is 0 Å². The Morgan fingerprint density at radius 1 is 1.47 bits per heavy atom. The molecule has 1 fully saturated rings. The highest BCUT2D eigenvalue weighted by molar-refractivity contribution is 9.09. The number of halogens is 1. The maximum absolute atomic E-state index is 11.3. The number of carbonyl (C=O) groups is 1. The van der Waals surface area contributed by atoms with Crippen molar-refractivity contribution in [2.45, 2.75) is 45.6 Å². The van der Waals surface area contributed by atoms with Gasteiger partial charge in [0, 0.05) is 19.0 Å². The standard InChI is InChI=1S/C9H17BrNOP.C2H6.H3OP/c1-13-11-5-3-2-4-8(11)6-9(12)7-10;2*1-2/h8,13H,2-7H2,1H3;1-2H3;1H,2H2. The molecule has 0 aromatic rings. The monoisotopic (exact) mass is 345 g/mol. The van der Waals surface area contributed by atoms with E-state index in [1.807, 2.05) is 13.8 Å². The van der Waals surface area contributed by atoms with Gasteiger partial charge in [-0.2, -0.15) is 0 Å². The fraction of sp³-hybridized carbons (Fsp3) is 0.909. The Labute approximate surface area is 118 Å². The lowest BCUT2D eigenvalue weighted by Crippen LogP contribution is -2.35. The van der Waals surface area contributed by atoms with Crippen LogP contribution in [-0.4, -0.2) is 39.9 Å². The number of alkyl halides is 1. The van der Waals surface area contributed by atoms with Crippen LogP contribution in [0.5, 0.6) is 0 Å². The molecule has 0 aromatic heterocycles. The zero-order valence-corrected chi connectivity index (χ0v) is 14.8. The van der Waals surface area contributed by atoms with E-state index in [4.69, 9.17) is 4.89 Å². The SMILES string of the molecule is CC.CPN1CCCCC1CC(=O)CBr.OP. The highest BCUT2D eigenvalue weighted by Crippen LogP contribution is 2.28. The summed E-state index contributed by atoms with van der Waals surface area (Å²) in [6, 6.07) is 0.530. The van der Waals surface area contributed by atoms with Crippen LogP contribution in [0.3, 0.4) is 0 Å². The molecule has 1 heterocycles. The lowest BCUT2D eigenvalue weighted by molar-refractivity contribution is -0.117. The number of hydrogen-bond donors (Lipinski definition) is 1. The van der Waals surface area contributed by atoms with Crippen molar-refractivity contribution < 1.29 is 9.69 Å². The smallest absolute Gasteiger partial charge is 0.144 e. The van der Waals surface area contributed by atoms with E-state index in [-0.39, 0.29) is 0 Å². The molecule has 1 aliphatic heterocycles. The van der Waals surface area contributed by atoms with Gasteiger partial charge in [0.2, 0.25) is 0 Å². The Kier molecular flexibility index (Phi) is 17.9. The van der Waals surface area contributed by atoms with Crippen molar-refractivity contribution in [1.82, 2.24) is 4.67 Å². The third-order valence-corrected chi connectivity index (χ3v) is 4.32. The van der Waals surface area contributed by atoms with Crippen LogP contribution in [-0.2, 0) is 4.79 Å². The number of nitrogens with zero attached hydrogens (tertiary/aromatic N) is 1. The van der Waals surface area contributed by atoms with E-state index in [1.54, 1.807) is 0 Å². The van der Waals surface area contributed by atoms with Crippen LogP contribution in [0.2, 0.25) is 0 Å². The Balaban J connectivity index is 0. The van der Waals surface area contributed by atoms with Crippen LogP contribution in [0.4, 0.5) is 0 Å². The molecule has 0 bridgehead atoms. The molecule has 3 nitrogen and oxygen atoms in total. The minimum Gasteiger partial charge on any atom is -0.380 e. The lowest BCUT2D eigenvalue weighted by Gasteiger charge is -2.34. The minimum atomic E-state index is 0.343. The second kappa shape index (κ2) is 15.0. The second-order valence-corrected chi connectivity index (χ2v) is 5.03. The van der Waals surface area contributed by atoms with Gasteiger partial charge in [0.25, 0.3) is 0 Å². The van der Waals surface area contributed by atoms with Crippen molar-refractivity contribution in [1.29, 1.82) is 0 Å². The van der Waals surface area contributed by atoms with Gasteiger partial charge in [0.1, 0.15) is 5.78 Å². The van der Waals surface area contributed by atoms with E-state index in [0.29, 0.717) is 17.2 Å². The summed E-state index contributed by atoms with van der Waals surface area (Å²) in [4.78, 5) is 18.2. The summed E-state index contributed by atoms with van der Waals surface area (Å²) in [5.74, 6) is 0.343. The molecule has 0 aromatic carbocycles. The third kappa shape index (κ3) is 9.50. The Morgan fingerprint density at radius 3 is 2.53 bits per heavy atom. The quantitative estimate of drug-likeness (QED) is 0.628. The van der Waals surface area contributed by atoms with E-state index < -0.39 is 0 Å². The van der Waals surface area contributed by atoms with Gasteiger partial charge in [-0.15, -0.1) is 0 Å². The molecule has 0 aliphatic carbocycles. The lowest BCUT2D eigenvalue weighted by atomic mass is 10.0. The van der Waals surface area contributed by atoms with Crippen molar-refractivity contribution in [3.8, 4) is 0 Å². The molecule has 17 heavy (non-hydrogen) atoms. The molecule has 0 spiro atoms. The summed E-state index contributed by atoms with van der Waals surface area (Å²) >= 11 is 3.22. The maximum Gasteiger partial charge on any atom is 0.144 e. The molecule has 3 atom stereocenters. The van der Waals surface area contributed by atoms with Gasteiger partial charge in [0.15, 0.2) is 0 Å². The molecule has 6 heteroatoms. The van der Waals surface area contributed by atoms with Crippen LogP contribution in [0.25, 0.3) is 0 Å². The Hall–Kier alpha value is 0.930. The zero-order valence-electron chi connectivity index (χ0n) is 11.1. The Bertz CT molecular complexity index is 185. The number of Topliss-reactive ketones (excluding diaryl/α,β-unsaturated/α-hetero) is 1. The van der Waals surface area contributed by atoms with Gasteiger partial charge in [-0.3, -0.25) is 9.46 Å². The van der Waals surface area contributed by atoms with Gasteiger partial charge in [0.05, 0.1) is 5.33 Å². The van der Waals surface area contributed by atoms with Crippen LogP contribution in [0, 0.1) is 0 Å². The molecule has 104 valence electrons. The average Bonchev–Trinajstić information content (AvgIpc) is 2.43. The third-order valence-electron chi connectivity index (χ3n) is 2.53. The first-order valence-corrected chi connectivity index (χ1v) is 9.14. The summed E-state index contributed by atoms with van der Waals surface area (Å²) in [5.41, 5.74) is 0. The minimum absolute atomic E-state index is 0.343. The van der Waals surface area contributed by atoms with Crippen molar-refractivity contribution in [3.05, 3.63) is 0 Å². The van der Waals surface area contributed by atoms with Gasteiger partial charge >= 0.3 is 0 Å². The largest absolute Gasteiger partial charge is 0.380 e. The molecule has 3 unspecified atom stereocenters. The predicted molar refractivity (Wildman–Crippen MR) is 85.3 cm³/mol. The van der Waals surface area contributed by atoms with Crippen LogP contribution >= 0.6 is 34.1 Å². The van der Waals surface area contributed by atoms with E-state index in [9.17, 15) is 4.79 Å². The van der Waals surface area contributed by atoms with Crippen LogP contribution < -0.4 is 0 Å². The van der Waals surface area contributed by atoms with E-state index in [1.165, 1.54) is 35.3 Å². The number of hydrogen-bond acceptors (Lipinski definition) is 3. The van der Waals surface area contributed by atoms with Crippen molar-refractivity contribution >= 4 is 39.9 Å². The normalized spacial score (nSPS) is 20.2.